The highest BCUT2D eigenvalue weighted by molar-refractivity contribution is 5.78. The molecule has 7 heteroatoms. The number of nitrogens with zero attached hydrogens (tertiary/aromatic N) is 3. The third-order valence-corrected chi connectivity index (χ3v) is 4.03. The predicted molar refractivity (Wildman–Crippen MR) is 93.4 cm³/mol. The van der Waals surface area contributed by atoms with Crippen molar-refractivity contribution in [3.63, 3.8) is 0 Å². The topological polar surface area (TPSA) is 99.5 Å². The molecule has 128 valence electrons. The Morgan fingerprint density at radius 1 is 1.17 bits per heavy atom. The van der Waals surface area contributed by atoms with Crippen LogP contribution in [0.25, 0.3) is 11.1 Å². The summed E-state index contributed by atoms with van der Waals surface area (Å²) < 4.78 is 11.6. The normalized spacial score (nSPS) is 16.7. The van der Waals surface area contributed by atoms with Crippen LogP contribution in [0, 0.1) is 0 Å². The molecule has 1 saturated heterocycles. The van der Waals surface area contributed by atoms with E-state index < -0.39 is 0 Å². The molecule has 4 N–H and O–H groups in total. The summed E-state index contributed by atoms with van der Waals surface area (Å²) in [6.45, 7) is 5.15. The van der Waals surface area contributed by atoms with E-state index in [1.54, 1.807) is 0 Å². The van der Waals surface area contributed by atoms with E-state index in [1.165, 1.54) is 0 Å². The van der Waals surface area contributed by atoms with Crippen molar-refractivity contribution in [2.24, 2.45) is 0 Å². The Morgan fingerprint density at radius 2 is 1.88 bits per heavy atom. The van der Waals surface area contributed by atoms with E-state index in [-0.39, 0.29) is 12.2 Å². The van der Waals surface area contributed by atoms with Gasteiger partial charge in [0.1, 0.15) is 5.82 Å². The molecule has 0 radical (unpaired) electrons. The van der Waals surface area contributed by atoms with Gasteiger partial charge in [-0.1, -0.05) is 37.3 Å². The molecule has 2 aromatic rings. The van der Waals surface area contributed by atoms with Crippen molar-refractivity contribution in [1.82, 2.24) is 14.9 Å². The summed E-state index contributed by atoms with van der Waals surface area (Å²) in [5, 5.41) is 0. The van der Waals surface area contributed by atoms with Gasteiger partial charge in [-0.05, 0) is 12.0 Å². The predicted octanol–water partition coefficient (Wildman–Crippen LogP) is 1.76. The zero-order chi connectivity index (χ0) is 16.9. The average molecular weight is 329 g/mol. The van der Waals surface area contributed by atoms with Gasteiger partial charge in [0, 0.05) is 13.1 Å². The van der Waals surface area contributed by atoms with Crippen molar-refractivity contribution in [3.05, 3.63) is 30.3 Å². The van der Waals surface area contributed by atoms with Crippen LogP contribution in [0.15, 0.2) is 30.3 Å². The van der Waals surface area contributed by atoms with Crippen molar-refractivity contribution in [3.8, 4) is 17.0 Å². The molecule has 0 bridgehead atoms. The maximum Gasteiger partial charge on any atom is 0.230 e. The van der Waals surface area contributed by atoms with Crippen molar-refractivity contribution in [2.45, 2.75) is 19.6 Å². The van der Waals surface area contributed by atoms with Gasteiger partial charge in [0.05, 0.1) is 18.8 Å². The van der Waals surface area contributed by atoms with Gasteiger partial charge in [0.2, 0.25) is 11.8 Å². The number of aromatic nitrogens is 2. The first-order valence-electron chi connectivity index (χ1n) is 8.16. The van der Waals surface area contributed by atoms with Crippen LogP contribution < -0.4 is 16.2 Å². The van der Waals surface area contributed by atoms with Gasteiger partial charge in [-0.25, -0.2) is 0 Å². The second-order valence-corrected chi connectivity index (χ2v) is 5.64. The SMILES string of the molecule is CCC(Oc1nc(N)nc(N)c1-c1ccccc1)N1CCOCC1. The van der Waals surface area contributed by atoms with Crippen LogP contribution in [0.1, 0.15) is 13.3 Å². The summed E-state index contributed by atoms with van der Waals surface area (Å²) in [5.74, 6) is 0.851. The summed E-state index contributed by atoms with van der Waals surface area (Å²) in [7, 11) is 0. The van der Waals surface area contributed by atoms with Gasteiger partial charge in [-0.2, -0.15) is 9.97 Å². The molecule has 0 amide bonds. The Morgan fingerprint density at radius 3 is 2.54 bits per heavy atom. The summed E-state index contributed by atoms with van der Waals surface area (Å²) in [4.78, 5) is 10.6. The minimum Gasteiger partial charge on any atom is -0.458 e. The van der Waals surface area contributed by atoms with Crippen molar-refractivity contribution in [1.29, 1.82) is 0 Å². The number of hydrogen-bond acceptors (Lipinski definition) is 7. The van der Waals surface area contributed by atoms with Crippen LogP contribution in [-0.2, 0) is 4.74 Å². The third-order valence-electron chi connectivity index (χ3n) is 4.03. The van der Waals surface area contributed by atoms with E-state index >= 15 is 0 Å². The van der Waals surface area contributed by atoms with Crippen LogP contribution in [0.5, 0.6) is 5.88 Å². The van der Waals surface area contributed by atoms with Crippen LogP contribution in [0.4, 0.5) is 11.8 Å². The molecule has 1 aliphatic rings. The lowest BCUT2D eigenvalue weighted by Gasteiger charge is -2.33. The van der Waals surface area contributed by atoms with E-state index in [0.29, 0.717) is 30.5 Å². The molecule has 0 spiro atoms. The second-order valence-electron chi connectivity index (χ2n) is 5.64. The second kappa shape index (κ2) is 7.46. The molecule has 24 heavy (non-hydrogen) atoms. The summed E-state index contributed by atoms with van der Waals surface area (Å²) >= 11 is 0. The minimum absolute atomic E-state index is 0.106. The molecule has 1 atom stereocenters. The Balaban J connectivity index is 1.94. The van der Waals surface area contributed by atoms with Gasteiger partial charge >= 0.3 is 0 Å². The lowest BCUT2D eigenvalue weighted by molar-refractivity contribution is -0.0481. The monoisotopic (exact) mass is 329 g/mol. The Bertz CT molecular complexity index is 674. The molecule has 0 aliphatic carbocycles. The fourth-order valence-corrected chi connectivity index (χ4v) is 2.85. The highest BCUT2D eigenvalue weighted by Crippen LogP contribution is 2.34. The van der Waals surface area contributed by atoms with Crippen molar-refractivity contribution >= 4 is 11.8 Å². The van der Waals surface area contributed by atoms with Gasteiger partial charge < -0.3 is 20.9 Å². The van der Waals surface area contributed by atoms with E-state index in [2.05, 4.69) is 21.8 Å². The van der Waals surface area contributed by atoms with E-state index in [1.807, 2.05) is 30.3 Å². The molecular weight excluding hydrogens is 306 g/mol. The lowest BCUT2D eigenvalue weighted by Crippen LogP contribution is -2.46. The molecule has 3 rings (SSSR count). The summed E-state index contributed by atoms with van der Waals surface area (Å²) in [6.07, 6.45) is 0.711. The highest BCUT2D eigenvalue weighted by atomic mass is 16.5. The van der Waals surface area contributed by atoms with Gasteiger partial charge in [-0.3, -0.25) is 4.90 Å². The maximum atomic E-state index is 6.21. The van der Waals surface area contributed by atoms with Crippen LogP contribution in [-0.4, -0.2) is 47.4 Å². The molecule has 1 aromatic carbocycles. The van der Waals surface area contributed by atoms with Crippen LogP contribution in [0.3, 0.4) is 0 Å². The first kappa shape index (κ1) is 16.5. The smallest absolute Gasteiger partial charge is 0.230 e. The molecule has 1 fully saturated rings. The zero-order valence-corrected chi connectivity index (χ0v) is 13.8. The van der Waals surface area contributed by atoms with Gasteiger partial charge in [0.25, 0.3) is 0 Å². The number of ether oxygens (including phenoxy) is 2. The molecule has 2 heterocycles. The number of anilines is 2. The largest absolute Gasteiger partial charge is 0.458 e. The van der Waals surface area contributed by atoms with E-state index in [0.717, 1.165) is 25.1 Å². The van der Waals surface area contributed by atoms with Crippen LogP contribution in [0.2, 0.25) is 0 Å². The summed E-state index contributed by atoms with van der Waals surface area (Å²) in [6, 6.07) is 9.73. The number of benzene rings is 1. The molecule has 1 unspecified atom stereocenters. The van der Waals surface area contributed by atoms with E-state index in [4.69, 9.17) is 20.9 Å². The number of nitrogen functional groups attached to an aromatic ring is 2. The lowest BCUT2D eigenvalue weighted by atomic mass is 10.1. The van der Waals surface area contributed by atoms with Crippen molar-refractivity contribution in [2.75, 3.05) is 37.8 Å². The Hall–Kier alpha value is -2.38. The number of rotatable bonds is 5. The van der Waals surface area contributed by atoms with Gasteiger partial charge in [0.15, 0.2) is 6.23 Å². The minimum atomic E-state index is -0.106. The number of nitrogens with two attached hydrogens (primary N) is 2. The van der Waals surface area contributed by atoms with Crippen molar-refractivity contribution < 1.29 is 9.47 Å². The highest BCUT2D eigenvalue weighted by Gasteiger charge is 2.24. The molecule has 0 saturated carbocycles. The van der Waals surface area contributed by atoms with Crippen LogP contribution >= 0.6 is 0 Å². The van der Waals surface area contributed by atoms with E-state index in [9.17, 15) is 0 Å². The Labute approximate surface area is 141 Å². The zero-order valence-electron chi connectivity index (χ0n) is 13.8. The third kappa shape index (κ3) is 3.58. The molecule has 7 nitrogen and oxygen atoms in total. The molecular formula is C17H23N5O2. The quantitative estimate of drug-likeness (QED) is 0.862. The first-order chi connectivity index (χ1) is 11.7. The molecule has 1 aliphatic heterocycles. The number of hydrogen-bond donors (Lipinski definition) is 2. The fourth-order valence-electron chi connectivity index (χ4n) is 2.85. The maximum absolute atomic E-state index is 6.21. The molecule has 1 aromatic heterocycles. The van der Waals surface area contributed by atoms with Gasteiger partial charge in [-0.15, -0.1) is 0 Å². The Kier molecular flexibility index (Phi) is 5.12. The fraction of sp³-hybridized carbons (Fsp3) is 0.412. The number of morpholine rings is 1. The standard InChI is InChI=1S/C17H23N5O2/c1-2-13(22-8-10-23-11-9-22)24-16-14(12-6-4-3-5-7-12)15(18)20-17(19)21-16/h3-7,13H,2,8-11H2,1H3,(H4,18,19,20,21). The average Bonchev–Trinajstić information content (AvgIpc) is 2.60. The summed E-state index contributed by atoms with van der Waals surface area (Å²) in [5.41, 5.74) is 13.5. The first-order valence-corrected chi connectivity index (χ1v) is 8.16.